The second kappa shape index (κ2) is 12.3. The molecule has 2 amide bonds. The third-order valence-corrected chi connectivity index (χ3v) is 10.5. The zero-order valence-electron chi connectivity index (χ0n) is 22.6. The van der Waals surface area contributed by atoms with Crippen molar-refractivity contribution in [3.05, 3.63) is 110 Å². The number of hydrogen-bond acceptors (Lipinski definition) is 4. The van der Waals surface area contributed by atoms with E-state index in [2.05, 4.69) is 21.2 Å². The number of nitrogens with one attached hydrogen (secondary N) is 1. The van der Waals surface area contributed by atoms with Crippen LogP contribution < -0.4 is 11.1 Å². The number of halogens is 3. The van der Waals surface area contributed by atoms with E-state index in [-0.39, 0.29) is 26.9 Å². The first kappa shape index (κ1) is 31.3. The number of carbonyl (C=O) groups is 2. The normalized spacial score (nSPS) is 18.5. The number of amides is 2. The van der Waals surface area contributed by atoms with Gasteiger partial charge in [0.05, 0.1) is 21.0 Å². The second-order valence-electron chi connectivity index (χ2n) is 10.9. The molecule has 41 heavy (non-hydrogen) atoms. The smallest absolute Gasteiger partial charge is 0.249 e. The van der Waals surface area contributed by atoms with Crippen LogP contribution in [-0.4, -0.2) is 36.6 Å². The highest BCUT2D eigenvalue weighted by Gasteiger charge is 2.50. The van der Waals surface area contributed by atoms with Gasteiger partial charge < -0.3 is 11.1 Å². The van der Waals surface area contributed by atoms with Gasteiger partial charge in [0.1, 0.15) is 6.04 Å². The Hall–Kier alpha value is -2.69. The minimum absolute atomic E-state index is 0.0495. The van der Waals surface area contributed by atoms with Crippen LogP contribution in [-0.2, 0) is 26.0 Å². The van der Waals surface area contributed by atoms with E-state index in [0.717, 1.165) is 5.56 Å². The first-order valence-electron chi connectivity index (χ1n) is 12.8. The highest BCUT2D eigenvalue weighted by atomic mass is 79.9. The van der Waals surface area contributed by atoms with Gasteiger partial charge in [-0.05, 0) is 56.7 Å². The number of hydrogen-bond donors (Lipinski definition) is 2. The van der Waals surface area contributed by atoms with E-state index < -0.39 is 45.4 Å². The summed E-state index contributed by atoms with van der Waals surface area (Å²) in [5.41, 5.74) is 6.46. The van der Waals surface area contributed by atoms with Crippen molar-refractivity contribution in [2.45, 2.75) is 50.2 Å². The molecule has 7 nitrogen and oxygen atoms in total. The Bertz CT molecular complexity index is 1610. The first-order valence-corrected chi connectivity index (χ1v) is 15.8. The molecule has 0 spiro atoms. The molecule has 0 unspecified atom stereocenters. The molecule has 3 atom stereocenters. The fraction of sp³-hybridized carbons (Fsp3) is 0.267. The van der Waals surface area contributed by atoms with Crippen molar-refractivity contribution in [2.24, 2.45) is 11.1 Å². The summed E-state index contributed by atoms with van der Waals surface area (Å²) in [5.74, 6) is -1.32. The third-order valence-electron chi connectivity index (χ3n) is 6.89. The van der Waals surface area contributed by atoms with Gasteiger partial charge in [0, 0.05) is 22.5 Å². The van der Waals surface area contributed by atoms with Crippen LogP contribution >= 0.6 is 39.1 Å². The van der Waals surface area contributed by atoms with Crippen LogP contribution in [0, 0.1) is 5.41 Å². The molecule has 1 aliphatic heterocycles. The number of nitrogens with zero attached hydrogens (tertiary/aromatic N) is 1. The molecular weight excluding hydrogens is 649 g/mol. The van der Waals surface area contributed by atoms with Gasteiger partial charge in [-0.15, -0.1) is 0 Å². The number of sulfonamides is 1. The zero-order valence-corrected chi connectivity index (χ0v) is 26.6. The SMILES string of the molecule is CC(C)(C)[C@@H]1C=C(C(=O)N[C@@H](Cc2ccccc2)C(N)=O)[C@H](c2ccc(Cl)c(Cl)c2)N1S(=O)(=O)c1ccccc1Br. The van der Waals surface area contributed by atoms with Gasteiger partial charge in [-0.1, -0.05) is 98.6 Å². The minimum Gasteiger partial charge on any atom is -0.368 e. The molecule has 1 aliphatic rings. The van der Waals surface area contributed by atoms with Crippen molar-refractivity contribution in [3.8, 4) is 0 Å². The van der Waals surface area contributed by atoms with Gasteiger partial charge in [0.25, 0.3) is 0 Å². The minimum atomic E-state index is -4.20. The lowest BCUT2D eigenvalue weighted by Crippen LogP contribution is -2.48. The Morgan fingerprint density at radius 2 is 1.63 bits per heavy atom. The predicted octanol–water partition coefficient (Wildman–Crippen LogP) is 6.06. The topological polar surface area (TPSA) is 110 Å². The number of benzene rings is 3. The van der Waals surface area contributed by atoms with Crippen LogP contribution in [0.25, 0.3) is 0 Å². The molecule has 4 rings (SSSR count). The number of nitrogens with two attached hydrogens (primary N) is 1. The van der Waals surface area contributed by atoms with Gasteiger partial charge in [0.15, 0.2) is 0 Å². The summed E-state index contributed by atoms with van der Waals surface area (Å²) in [7, 11) is -4.20. The lowest BCUT2D eigenvalue weighted by atomic mass is 9.87. The maximum Gasteiger partial charge on any atom is 0.249 e. The molecule has 0 aromatic heterocycles. The highest BCUT2D eigenvalue weighted by Crippen LogP contribution is 2.47. The lowest BCUT2D eigenvalue weighted by molar-refractivity contribution is -0.125. The summed E-state index contributed by atoms with van der Waals surface area (Å²) < 4.78 is 30.5. The molecule has 216 valence electrons. The largest absolute Gasteiger partial charge is 0.368 e. The van der Waals surface area contributed by atoms with Crippen LogP contribution in [0.3, 0.4) is 0 Å². The fourth-order valence-electron chi connectivity index (χ4n) is 4.84. The van der Waals surface area contributed by atoms with Gasteiger partial charge in [0.2, 0.25) is 21.8 Å². The van der Waals surface area contributed by atoms with E-state index in [4.69, 9.17) is 28.9 Å². The van der Waals surface area contributed by atoms with Crippen molar-refractivity contribution in [3.63, 3.8) is 0 Å². The molecule has 3 N–H and O–H groups in total. The van der Waals surface area contributed by atoms with E-state index in [1.54, 1.807) is 42.5 Å². The van der Waals surface area contributed by atoms with Crippen LogP contribution in [0.2, 0.25) is 10.0 Å². The predicted molar refractivity (Wildman–Crippen MR) is 165 cm³/mol. The molecule has 0 aliphatic carbocycles. The number of rotatable bonds is 8. The summed E-state index contributed by atoms with van der Waals surface area (Å²) in [5, 5.41) is 3.25. The highest BCUT2D eigenvalue weighted by molar-refractivity contribution is 9.10. The second-order valence-corrected chi connectivity index (χ2v) is 14.4. The molecule has 0 bridgehead atoms. The maximum atomic E-state index is 14.4. The van der Waals surface area contributed by atoms with Gasteiger partial charge in [-0.25, -0.2) is 8.42 Å². The Labute approximate surface area is 258 Å². The molecule has 0 saturated carbocycles. The zero-order chi connectivity index (χ0) is 30.1. The van der Waals surface area contributed by atoms with Crippen molar-refractivity contribution in [1.29, 1.82) is 0 Å². The van der Waals surface area contributed by atoms with E-state index in [1.807, 2.05) is 51.1 Å². The van der Waals surface area contributed by atoms with Crippen molar-refractivity contribution < 1.29 is 18.0 Å². The molecule has 3 aromatic carbocycles. The Morgan fingerprint density at radius 1 is 1.00 bits per heavy atom. The maximum absolute atomic E-state index is 14.4. The molecule has 3 aromatic rings. The van der Waals surface area contributed by atoms with E-state index in [9.17, 15) is 18.0 Å². The molecule has 0 saturated heterocycles. The first-order chi connectivity index (χ1) is 19.2. The monoisotopic (exact) mass is 677 g/mol. The summed E-state index contributed by atoms with van der Waals surface area (Å²) in [6, 6.07) is 17.6. The number of carbonyl (C=O) groups excluding carboxylic acids is 2. The van der Waals surface area contributed by atoms with Gasteiger partial charge in [-0.2, -0.15) is 4.31 Å². The van der Waals surface area contributed by atoms with Gasteiger partial charge in [-0.3, -0.25) is 9.59 Å². The standard InChI is InChI=1S/C30H30BrCl2N3O4S/c1-30(2,3)26-17-20(29(38)35-24(28(34)37)15-18-9-5-4-6-10-18)27(19-13-14-22(32)23(33)16-19)36(26)41(39,40)25-12-8-7-11-21(25)31/h4-14,16-17,24,26-27H,15H2,1-3H3,(H2,34,37)(H,35,38)/t24-,26-,27-/m0/s1. The quantitative estimate of drug-likeness (QED) is 0.302. The third kappa shape index (κ3) is 6.70. The molecule has 0 fully saturated rings. The van der Waals surface area contributed by atoms with Crippen molar-refractivity contribution >= 4 is 61.0 Å². The van der Waals surface area contributed by atoms with Crippen molar-refractivity contribution in [2.75, 3.05) is 0 Å². The Balaban J connectivity index is 1.85. The molecule has 1 heterocycles. The van der Waals surface area contributed by atoms with E-state index in [0.29, 0.717) is 10.0 Å². The molecular formula is C30H30BrCl2N3O4S. The van der Waals surface area contributed by atoms with Crippen LogP contribution in [0.1, 0.15) is 37.9 Å². The Morgan fingerprint density at radius 3 is 2.22 bits per heavy atom. The van der Waals surface area contributed by atoms with Gasteiger partial charge >= 0.3 is 0 Å². The van der Waals surface area contributed by atoms with Crippen LogP contribution in [0.15, 0.2) is 93.8 Å². The summed E-state index contributed by atoms with van der Waals surface area (Å²) in [6.45, 7) is 5.68. The Kier molecular flexibility index (Phi) is 9.35. The van der Waals surface area contributed by atoms with Crippen LogP contribution in [0.5, 0.6) is 0 Å². The van der Waals surface area contributed by atoms with Crippen molar-refractivity contribution in [1.82, 2.24) is 9.62 Å². The number of primary amides is 1. The van der Waals surface area contributed by atoms with Crippen LogP contribution in [0.4, 0.5) is 0 Å². The van der Waals surface area contributed by atoms with E-state index >= 15 is 0 Å². The average molecular weight is 679 g/mol. The van der Waals surface area contributed by atoms with E-state index in [1.165, 1.54) is 10.4 Å². The summed E-state index contributed by atoms with van der Waals surface area (Å²) >= 11 is 16.0. The lowest BCUT2D eigenvalue weighted by Gasteiger charge is -2.37. The summed E-state index contributed by atoms with van der Waals surface area (Å²) in [6.07, 6.45) is 1.83. The molecule has 11 heteroatoms. The fourth-order valence-corrected chi connectivity index (χ4v) is 8.03. The molecule has 0 radical (unpaired) electrons. The summed E-state index contributed by atoms with van der Waals surface area (Å²) in [4.78, 5) is 26.4. The average Bonchev–Trinajstić information content (AvgIpc) is 3.33.